The number of nitrogens with one attached hydrogen (secondary N) is 1. The summed E-state index contributed by atoms with van der Waals surface area (Å²) in [5, 5.41) is 3.92. The molecule has 1 aromatic carbocycles. The molecule has 22 heavy (non-hydrogen) atoms. The Morgan fingerprint density at radius 3 is 2.77 bits per heavy atom. The molecule has 0 spiro atoms. The van der Waals surface area contributed by atoms with Crippen LogP contribution in [0.2, 0.25) is 5.02 Å². The van der Waals surface area contributed by atoms with Gasteiger partial charge in [-0.2, -0.15) is 0 Å². The van der Waals surface area contributed by atoms with Gasteiger partial charge in [0.25, 0.3) is 0 Å². The first kappa shape index (κ1) is 16.2. The number of nitrogens with zero attached hydrogens (tertiary/aromatic N) is 1. The van der Waals surface area contributed by atoms with Gasteiger partial charge in [0.1, 0.15) is 0 Å². The molecule has 1 aromatic rings. The maximum Gasteiger partial charge on any atom is 0.175 e. The van der Waals surface area contributed by atoms with Crippen LogP contribution in [0.25, 0.3) is 0 Å². The fourth-order valence-corrected chi connectivity index (χ4v) is 4.51. The first-order valence-electron chi connectivity index (χ1n) is 7.87. The van der Waals surface area contributed by atoms with Gasteiger partial charge < -0.3 is 10.2 Å². The van der Waals surface area contributed by atoms with Crippen molar-refractivity contribution in [3.8, 4) is 0 Å². The number of benzene rings is 1. The van der Waals surface area contributed by atoms with Gasteiger partial charge in [-0.05, 0) is 50.4 Å². The molecule has 1 N–H and O–H groups in total. The topological polar surface area (TPSA) is 49.4 Å². The van der Waals surface area contributed by atoms with E-state index in [0.29, 0.717) is 27.9 Å². The fraction of sp³-hybridized carbons (Fsp3) is 0.625. The maximum atomic E-state index is 11.9. The highest BCUT2D eigenvalue weighted by molar-refractivity contribution is 7.90. The highest BCUT2D eigenvalue weighted by Crippen LogP contribution is 2.31. The molecular weight excluding hydrogens is 320 g/mol. The predicted octanol–water partition coefficient (Wildman–Crippen LogP) is 2.32. The normalized spacial score (nSPS) is 23.1. The van der Waals surface area contributed by atoms with Gasteiger partial charge in [0, 0.05) is 36.0 Å². The molecule has 0 bridgehead atoms. The number of hydrogen-bond acceptors (Lipinski definition) is 4. The molecule has 0 aromatic heterocycles. The van der Waals surface area contributed by atoms with E-state index in [9.17, 15) is 8.42 Å². The molecule has 6 heteroatoms. The second kappa shape index (κ2) is 6.48. The van der Waals surface area contributed by atoms with Gasteiger partial charge in [0.05, 0.1) is 4.90 Å². The molecule has 0 amide bonds. The molecular formula is C16H23ClN2O2S. The average Bonchev–Trinajstić information content (AvgIpc) is 3.19. The minimum absolute atomic E-state index is 0.332. The standard InChI is InChI=1S/C16H23ClN2O2S/c1-22(20,21)16-4-2-3-15(17)14(16)10-18-9-12-7-8-19(11-12)13-5-6-13/h2-4,12-13,18H,5-11H2,1H3/t12-/m0/s1. The van der Waals surface area contributed by atoms with Crippen molar-refractivity contribution in [2.24, 2.45) is 5.92 Å². The smallest absolute Gasteiger partial charge is 0.175 e. The average molecular weight is 343 g/mol. The number of rotatable bonds is 6. The van der Waals surface area contributed by atoms with Crippen molar-refractivity contribution in [2.45, 2.75) is 36.7 Å². The molecule has 122 valence electrons. The molecule has 2 aliphatic rings. The van der Waals surface area contributed by atoms with E-state index in [4.69, 9.17) is 11.6 Å². The second-order valence-corrected chi connectivity index (χ2v) is 8.89. The highest BCUT2D eigenvalue weighted by atomic mass is 35.5. The summed E-state index contributed by atoms with van der Waals surface area (Å²) in [4.78, 5) is 2.92. The van der Waals surface area contributed by atoms with Gasteiger partial charge in [-0.1, -0.05) is 17.7 Å². The Bertz CT molecular complexity index is 644. The summed E-state index contributed by atoms with van der Waals surface area (Å²) in [5.74, 6) is 0.657. The van der Waals surface area contributed by atoms with E-state index in [1.54, 1.807) is 18.2 Å². The van der Waals surface area contributed by atoms with Crippen LogP contribution in [0.1, 0.15) is 24.8 Å². The summed E-state index contributed by atoms with van der Waals surface area (Å²) in [6.45, 7) is 3.79. The number of likely N-dealkylation sites (tertiary alicyclic amines) is 1. The second-order valence-electron chi connectivity index (χ2n) is 6.50. The first-order valence-corrected chi connectivity index (χ1v) is 10.1. The van der Waals surface area contributed by atoms with Crippen LogP contribution in [0.4, 0.5) is 0 Å². The van der Waals surface area contributed by atoms with Crippen molar-refractivity contribution in [2.75, 3.05) is 25.9 Å². The zero-order valence-corrected chi connectivity index (χ0v) is 14.5. The van der Waals surface area contributed by atoms with Crippen LogP contribution in [-0.2, 0) is 16.4 Å². The lowest BCUT2D eigenvalue weighted by Crippen LogP contribution is -2.27. The Morgan fingerprint density at radius 1 is 1.32 bits per heavy atom. The van der Waals surface area contributed by atoms with Crippen LogP contribution < -0.4 is 5.32 Å². The van der Waals surface area contributed by atoms with Gasteiger partial charge in [-0.25, -0.2) is 8.42 Å². The quantitative estimate of drug-likeness (QED) is 0.862. The van der Waals surface area contributed by atoms with E-state index in [1.807, 2.05) is 0 Å². The van der Waals surface area contributed by atoms with Crippen LogP contribution in [0.5, 0.6) is 0 Å². The molecule has 1 saturated heterocycles. The minimum Gasteiger partial charge on any atom is -0.312 e. The van der Waals surface area contributed by atoms with Crippen LogP contribution in [0.3, 0.4) is 0 Å². The van der Waals surface area contributed by atoms with Crippen LogP contribution in [-0.4, -0.2) is 45.2 Å². The molecule has 0 radical (unpaired) electrons. The van der Waals surface area contributed by atoms with Crippen molar-refractivity contribution in [3.05, 3.63) is 28.8 Å². The lowest BCUT2D eigenvalue weighted by atomic mass is 10.1. The van der Waals surface area contributed by atoms with Gasteiger partial charge >= 0.3 is 0 Å². The lowest BCUT2D eigenvalue weighted by molar-refractivity contribution is 0.311. The van der Waals surface area contributed by atoms with E-state index >= 15 is 0 Å². The number of sulfone groups is 1. The number of halogens is 1. The van der Waals surface area contributed by atoms with Crippen LogP contribution in [0, 0.1) is 5.92 Å². The van der Waals surface area contributed by atoms with Crippen molar-refractivity contribution < 1.29 is 8.42 Å². The molecule has 2 fully saturated rings. The van der Waals surface area contributed by atoms with Crippen molar-refractivity contribution in [3.63, 3.8) is 0 Å². The highest BCUT2D eigenvalue weighted by Gasteiger charge is 2.34. The largest absolute Gasteiger partial charge is 0.312 e. The van der Waals surface area contributed by atoms with Gasteiger partial charge in [-0.3, -0.25) is 0 Å². The Labute approximate surface area is 137 Å². The molecule has 3 rings (SSSR count). The molecule has 1 aliphatic heterocycles. The molecule has 1 aliphatic carbocycles. The monoisotopic (exact) mass is 342 g/mol. The molecule has 0 unspecified atom stereocenters. The summed E-state index contributed by atoms with van der Waals surface area (Å²) in [6, 6.07) is 5.90. The molecule has 1 heterocycles. The third-order valence-electron chi connectivity index (χ3n) is 4.59. The van der Waals surface area contributed by atoms with E-state index in [2.05, 4.69) is 10.2 Å². The maximum absolute atomic E-state index is 11.9. The third kappa shape index (κ3) is 3.82. The third-order valence-corrected chi connectivity index (χ3v) is 6.13. The fourth-order valence-electron chi connectivity index (χ4n) is 3.26. The summed E-state index contributed by atoms with van der Waals surface area (Å²) >= 11 is 6.19. The Morgan fingerprint density at radius 2 is 2.09 bits per heavy atom. The van der Waals surface area contributed by atoms with E-state index in [1.165, 1.54) is 38.6 Å². The zero-order chi connectivity index (χ0) is 15.7. The molecule has 1 atom stereocenters. The Kier molecular flexibility index (Phi) is 4.78. The van der Waals surface area contributed by atoms with Gasteiger partial charge in [-0.15, -0.1) is 0 Å². The van der Waals surface area contributed by atoms with Crippen molar-refractivity contribution in [1.29, 1.82) is 0 Å². The van der Waals surface area contributed by atoms with E-state index < -0.39 is 9.84 Å². The molecule has 1 saturated carbocycles. The lowest BCUT2D eigenvalue weighted by Gasteiger charge is -2.16. The predicted molar refractivity (Wildman–Crippen MR) is 89.0 cm³/mol. The van der Waals surface area contributed by atoms with Crippen LogP contribution >= 0.6 is 11.6 Å². The number of hydrogen-bond donors (Lipinski definition) is 1. The van der Waals surface area contributed by atoms with Gasteiger partial charge in [0.2, 0.25) is 0 Å². The summed E-state index contributed by atoms with van der Waals surface area (Å²) in [5.41, 5.74) is 0.684. The minimum atomic E-state index is -3.25. The summed E-state index contributed by atoms with van der Waals surface area (Å²) in [6.07, 6.45) is 5.17. The summed E-state index contributed by atoms with van der Waals surface area (Å²) < 4.78 is 23.7. The van der Waals surface area contributed by atoms with Gasteiger partial charge in [0.15, 0.2) is 9.84 Å². The Hall–Kier alpha value is -0.620. The van der Waals surface area contributed by atoms with Crippen LogP contribution in [0.15, 0.2) is 23.1 Å². The molecule has 4 nitrogen and oxygen atoms in total. The Balaban J connectivity index is 1.58. The van der Waals surface area contributed by atoms with E-state index in [0.717, 1.165) is 12.6 Å². The SMILES string of the molecule is CS(=O)(=O)c1cccc(Cl)c1CNC[C@@H]1CCN(C2CC2)C1. The van der Waals surface area contributed by atoms with Crippen molar-refractivity contribution >= 4 is 21.4 Å². The first-order chi connectivity index (χ1) is 10.4. The van der Waals surface area contributed by atoms with E-state index in [-0.39, 0.29) is 0 Å². The van der Waals surface area contributed by atoms with Crippen molar-refractivity contribution in [1.82, 2.24) is 10.2 Å². The zero-order valence-electron chi connectivity index (χ0n) is 12.9. The summed E-state index contributed by atoms with van der Waals surface area (Å²) in [7, 11) is -3.25.